The summed E-state index contributed by atoms with van der Waals surface area (Å²) in [7, 11) is -1.63. The summed E-state index contributed by atoms with van der Waals surface area (Å²) in [4.78, 5) is 16.8. The summed E-state index contributed by atoms with van der Waals surface area (Å²) in [5, 5.41) is 2.85. The molecule has 1 aliphatic heterocycles. The van der Waals surface area contributed by atoms with Crippen LogP contribution in [0.4, 0.5) is 0 Å². The van der Waals surface area contributed by atoms with E-state index in [0.717, 1.165) is 11.4 Å². The summed E-state index contributed by atoms with van der Waals surface area (Å²) in [6.07, 6.45) is 3.36. The molecule has 3 rings (SSSR count). The third-order valence-corrected chi connectivity index (χ3v) is 5.67. The Morgan fingerprint density at radius 2 is 2.04 bits per heavy atom. The third kappa shape index (κ3) is 4.05. The van der Waals surface area contributed by atoms with E-state index in [0.29, 0.717) is 44.0 Å². The number of benzene rings is 1. The highest BCUT2D eigenvalue weighted by molar-refractivity contribution is 7.88. The molecule has 1 aromatic heterocycles. The number of aromatic nitrogens is 2. The Labute approximate surface area is 152 Å². The van der Waals surface area contributed by atoms with Crippen LogP contribution in [-0.4, -0.2) is 54.6 Å². The zero-order valence-electron chi connectivity index (χ0n) is 14.8. The van der Waals surface area contributed by atoms with Crippen molar-refractivity contribution in [2.24, 2.45) is 0 Å². The minimum atomic E-state index is -3.22. The molecule has 0 atom stereocenters. The summed E-state index contributed by atoms with van der Waals surface area (Å²) >= 11 is 0. The van der Waals surface area contributed by atoms with E-state index in [1.165, 1.54) is 10.6 Å². The lowest BCUT2D eigenvalue weighted by molar-refractivity contribution is 0.0946. The van der Waals surface area contributed by atoms with E-state index in [2.05, 4.69) is 10.3 Å². The van der Waals surface area contributed by atoms with Gasteiger partial charge in [-0.05, 0) is 6.07 Å². The molecule has 2 aromatic rings. The summed E-state index contributed by atoms with van der Waals surface area (Å²) in [5.74, 6) is 1.17. The molecule has 1 amide bonds. The minimum Gasteiger partial charge on any atom is -0.496 e. The highest BCUT2D eigenvalue weighted by atomic mass is 32.2. The lowest BCUT2D eigenvalue weighted by Crippen LogP contribution is -2.32. The van der Waals surface area contributed by atoms with Crippen LogP contribution < -0.4 is 10.1 Å². The number of methoxy groups -OCH3 is 1. The number of nitrogens with one attached hydrogen (secondary N) is 1. The maximum atomic E-state index is 12.4. The van der Waals surface area contributed by atoms with Crippen LogP contribution in [0.5, 0.6) is 5.75 Å². The molecule has 1 N–H and O–H groups in total. The Hall–Kier alpha value is -2.39. The maximum Gasteiger partial charge on any atom is 0.271 e. The number of rotatable bonds is 5. The molecule has 26 heavy (non-hydrogen) atoms. The fraction of sp³-hybridized carbons (Fsp3) is 0.412. The molecular formula is C17H22N4O4S. The van der Waals surface area contributed by atoms with Gasteiger partial charge < -0.3 is 14.6 Å². The maximum absolute atomic E-state index is 12.4. The van der Waals surface area contributed by atoms with E-state index in [1.807, 2.05) is 28.8 Å². The average Bonchev–Trinajstić information content (AvgIpc) is 2.91. The van der Waals surface area contributed by atoms with Crippen LogP contribution in [0.25, 0.3) is 0 Å². The Bertz CT molecular complexity index is 882. The lowest BCUT2D eigenvalue weighted by atomic mass is 10.2. The van der Waals surface area contributed by atoms with Gasteiger partial charge in [-0.3, -0.25) is 4.79 Å². The Balaban J connectivity index is 1.66. The van der Waals surface area contributed by atoms with Crippen LogP contribution in [0.15, 0.2) is 30.5 Å². The molecule has 0 radical (unpaired) electrons. The summed E-state index contributed by atoms with van der Waals surface area (Å²) in [6, 6.07) is 7.49. The Morgan fingerprint density at radius 1 is 1.27 bits per heavy atom. The molecule has 8 nitrogen and oxygen atoms in total. The van der Waals surface area contributed by atoms with Crippen LogP contribution in [-0.2, 0) is 29.5 Å². The van der Waals surface area contributed by atoms with Crippen LogP contribution in [0, 0.1) is 0 Å². The van der Waals surface area contributed by atoms with Gasteiger partial charge in [-0.15, -0.1) is 0 Å². The number of hydrogen-bond donors (Lipinski definition) is 1. The standard InChI is InChI=1S/C17H22N4O4S/c1-25-15-6-4-3-5-13(15)11-18-17(22)14-12-20-9-10-21(26(2,23)24)8-7-16(20)19-14/h3-6,12H,7-11H2,1-2H3,(H,18,22). The topological polar surface area (TPSA) is 93.5 Å². The first-order valence-electron chi connectivity index (χ1n) is 8.30. The second-order valence-corrected chi connectivity index (χ2v) is 8.12. The first kappa shape index (κ1) is 18.4. The molecule has 1 aliphatic rings. The quantitative estimate of drug-likeness (QED) is 0.824. The second-order valence-electron chi connectivity index (χ2n) is 6.14. The highest BCUT2D eigenvalue weighted by Crippen LogP contribution is 2.17. The smallest absolute Gasteiger partial charge is 0.271 e. The van der Waals surface area contributed by atoms with Crippen LogP contribution in [0.2, 0.25) is 0 Å². The zero-order valence-corrected chi connectivity index (χ0v) is 15.6. The van der Waals surface area contributed by atoms with E-state index in [9.17, 15) is 13.2 Å². The van der Waals surface area contributed by atoms with Crippen LogP contribution in [0.1, 0.15) is 21.9 Å². The summed E-state index contributed by atoms with van der Waals surface area (Å²) in [6.45, 7) is 1.57. The second kappa shape index (κ2) is 7.46. The number of ether oxygens (including phenoxy) is 1. The van der Waals surface area contributed by atoms with Gasteiger partial charge in [0.1, 0.15) is 17.3 Å². The molecule has 0 fully saturated rings. The van der Waals surface area contributed by atoms with Crippen molar-refractivity contribution in [1.29, 1.82) is 0 Å². The first-order chi connectivity index (χ1) is 12.4. The predicted molar refractivity (Wildman–Crippen MR) is 96.5 cm³/mol. The Morgan fingerprint density at radius 3 is 2.77 bits per heavy atom. The van der Waals surface area contributed by atoms with Gasteiger partial charge in [-0.25, -0.2) is 13.4 Å². The van der Waals surface area contributed by atoms with Crippen molar-refractivity contribution in [3.8, 4) is 5.75 Å². The van der Waals surface area contributed by atoms with Crippen molar-refractivity contribution in [1.82, 2.24) is 19.2 Å². The SMILES string of the molecule is COc1ccccc1CNC(=O)c1cn2c(n1)CCN(S(C)(=O)=O)CC2. The van der Waals surface area contributed by atoms with Crippen LogP contribution in [0.3, 0.4) is 0 Å². The number of imidazole rings is 1. The molecule has 0 aliphatic carbocycles. The number of fused-ring (bicyclic) bond motifs is 1. The number of amides is 1. The summed E-state index contributed by atoms with van der Waals surface area (Å²) < 4.78 is 31.9. The molecule has 0 bridgehead atoms. The molecule has 9 heteroatoms. The molecule has 140 valence electrons. The predicted octanol–water partition coefficient (Wildman–Crippen LogP) is 0.639. The molecule has 0 saturated heterocycles. The minimum absolute atomic E-state index is 0.267. The third-order valence-electron chi connectivity index (χ3n) is 4.37. The zero-order chi connectivity index (χ0) is 18.7. The van der Waals surface area contributed by atoms with E-state index in [-0.39, 0.29) is 5.91 Å². The normalized spacial score (nSPS) is 15.2. The number of nitrogens with zero attached hydrogens (tertiary/aromatic N) is 3. The fourth-order valence-corrected chi connectivity index (χ4v) is 3.80. The highest BCUT2D eigenvalue weighted by Gasteiger charge is 2.23. The summed E-state index contributed by atoms with van der Waals surface area (Å²) in [5.41, 5.74) is 1.22. The van der Waals surface area contributed by atoms with Gasteiger partial charge in [0.05, 0.1) is 13.4 Å². The first-order valence-corrected chi connectivity index (χ1v) is 10.1. The number of sulfonamides is 1. The van der Waals surface area contributed by atoms with Crippen LogP contribution >= 0.6 is 0 Å². The van der Waals surface area contributed by atoms with E-state index in [4.69, 9.17) is 4.74 Å². The van der Waals surface area contributed by atoms with Gasteiger partial charge in [-0.2, -0.15) is 4.31 Å². The van der Waals surface area contributed by atoms with Gasteiger partial charge in [0, 0.05) is 44.4 Å². The lowest BCUT2D eigenvalue weighted by Gasteiger charge is -2.16. The molecule has 0 unspecified atom stereocenters. The van der Waals surface area contributed by atoms with Gasteiger partial charge in [-0.1, -0.05) is 18.2 Å². The van der Waals surface area contributed by atoms with Crippen molar-refractivity contribution in [2.75, 3.05) is 26.5 Å². The van der Waals surface area contributed by atoms with Gasteiger partial charge in [0.15, 0.2) is 0 Å². The number of para-hydroxylation sites is 1. The van der Waals surface area contributed by atoms with Crippen molar-refractivity contribution in [3.05, 3.63) is 47.5 Å². The van der Waals surface area contributed by atoms with Crippen molar-refractivity contribution in [2.45, 2.75) is 19.5 Å². The van der Waals surface area contributed by atoms with Crippen molar-refractivity contribution in [3.63, 3.8) is 0 Å². The van der Waals surface area contributed by atoms with Crippen molar-refractivity contribution < 1.29 is 17.9 Å². The monoisotopic (exact) mass is 378 g/mol. The molecule has 0 saturated carbocycles. The van der Waals surface area contributed by atoms with Crippen molar-refractivity contribution >= 4 is 15.9 Å². The molecule has 0 spiro atoms. The fourth-order valence-electron chi connectivity index (χ4n) is 2.96. The van der Waals surface area contributed by atoms with E-state index < -0.39 is 10.0 Å². The molecule has 1 aromatic carbocycles. The van der Waals surface area contributed by atoms with E-state index >= 15 is 0 Å². The largest absolute Gasteiger partial charge is 0.496 e. The number of hydrogen-bond acceptors (Lipinski definition) is 5. The number of carbonyl (C=O) groups excluding carboxylic acids is 1. The van der Waals surface area contributed by atoms with Gasteiger partial charge in [0.25, 0.3) is 5.91 Å². The molecule has 2 heterocycles. The van der Waals surface area contributed by atoms with Gasteiger partial charge in [0.2, 0.25) is 10.0 Å². The molecular weight excluding hydrogens is 356 g/mol. The van der Waals surface area contributed by atoms with Gasteiger partial charge >= 0.3 is 0 Å². The number of carbonyl (C=O) groups is 1. The average molecular weight is 378 g/mol. The Kier molecular flexibility index (Phi) is 5.28. The van der Waals surface area contributed by atoms with E-state index in [1.54, 1.807) is 13.3 Å².